The van der Waals surface area contributed by atoms with Crippen molar-refractivity contribution in [1.82, 2.24) is 4.90 Å². The largest absolute Gasteiger partial charge is 0.323 e. The maximum absolute atomic E-state index is 6.50. The van der Waals surface area contributed by atoms with Crippen LogP contribution in [0.3, 0.4) is 0 Å². The third-order valence-electron chi connectivity index (χ3n) is 5.10. The molecule has 0 bridgehead atoms. The molecule has 0 saturated carbocycles. The minimum atomic E-state index is 0.139. The normalized spacial score (nSPS) is 22.3. The monoisotopic (exact) mass is 288 g/mol. The van der Waals surface area contributed by atoms with Crippen molar-refractivity contribution in [3.8, 4) is 0 Å². The molecule has 2 nitrogen and oxygen atoms in total. The van der Waals surface area contributed by atoms with Gasteiger partial charge in [-0.2, -0.15) is 0 Å². The first-order chi connectivity index (χ1) is 9.97. The van der Waals surface area contributed by atoms with Crippen LogP contribution >= 0.6 is 0 Å². The van der Waals surface area contributed by atoms with E-state index in [1.54, 1.807) is 0 Å². The van der Waals surface area contributed by atoms with Gasteiger partial charge in [-0.15, -0.1) is 0 Å². The van der Waals surface area contributed by atoms with Gasteiger partial charge in [-0.3, -0.25) is 0 Å². The van der Waals surface area contributed by atoms with Gasteiger partial charge in [-0.05, 0) is 69.2 Å². The van der Waals surface area contributed by atoms with Crippen LogP contribution in [0.2, 0.25) is 0 Å². The second kappa shape index (κ2) is 7.42. The molecule has 1 heterocycles. The van der Waals surface area contributed by atoms with E-state index >= 15 is 0 Å². The van der Waals surface area contributed by atoms with Gasteiger partial charge in [0.2, 0.25) is 0 Å². The number of rotatable bonds is 4. The average molecular weight is 288 g/mol. The first-order valence-corrected chi connectivity index (χ1v) is 8.52. The van der Waals surface area contributed by atoms with Crippen molar-refractivity contribution >= 4 is 0 Å². The van der Waals surface area contributed by atoms with Crippen molar-refractivity contribution in [3.63, 3.8) is 0 Å². The van der Waals surface area contributed by atoms with E-state index in [4.69, 9.17) is 5.73 Å². The second-order valence-corrected chi connectivity index (χ2v) is 7.20. The number of nitrogens with zero attached hydrogens (tertiary/aromatic N) is 1. The number of likely N-dealkylation sites (tertiary alicyclic amines) is 1. The third kappa shape index (κ3) is 4.55. The van der Waals surface area contributed by atoms with Crippen LogP contribution in [0.1, 0.15) is 55.8 Å². The highest BCUT2D eigenvalue weighted by Gasteiger charge is 2.21. The van der Waals surface area contributed by atoms with Gasteiger partial charge in [0, 0.05) is 12.6 Å². The average Bonchev–Trinajstić information content (AvgIpc) is 2.67. The van der Waals surface area contributed by atoms with Gasteiger partial charge in [0.05, 0.1) is 0 Å². The molecule has 2 unspecified atom stereocenters. The highest BCUT2D eigenvalue weighted by Crippen LogP contribution is 2.26. The molecule has 1 fully saturated rings. The summed E-state index contributed by atoms with van der Waals surface area (Å²) >= 11 is 0. The summed E-state index contributed by atoms with van der Waals surface area (Å²) in [6.45, 7) is 12.5. The molecule has 1 aliphatic heterocycles. The zero-order valence-electron chi connectivity index (χ0n) is 14.2. The zero-order valence-corrected chi connectivity index (χ0v) is 14.2. The first kappa shape index (κ1) is 16.5. The minimum Gasteiger partial charge on any atom is -0.323 e. The SMILES string of the molecule is Cc1ccc(C)c(C(N)CN2CCCC(C(C)C)CC2)c1. The molecule has 0 aromatic heterocycles. The van der Waals surface area contributed by atoms with Gasteiger partial charge in [-0.25, -0.2) is 0 Å². The highest BCUT2D eigenvalue weighted by atomic mass is 15.1. The van der Waals surface area contributed by atoms with Crippen LogP contribution in [0.5, 0.6) is 0 Å². The van der Waals surface area contributed by atoms with E-state index in [1.165, 1.54) is 49.0 Å². The Bertz CT molecular complexity index is 453. The third-order valence-corrected chi connectivity index (χ3v) is 5.10. The fourth-order valence-electron chi connectivity index (χ4n) is 3.57. The predicted octanol–water partition coefficient (Wildman–Crippen LogP) is 4.06. The van der Waals surface area contributed by atoms with Gasteiger partial charge >= 0.3 is 0 Å². The number of hydrogen-bond donors (Lipinski definition) is 1. The van der Waals surface area contributed by atoms with E-state index in [0.29, 0.717) is 0 Å². The summed E-state index contributed by atoms with van der Waals surface area (Å²) in [5.41, 5.74) is 10.4. The van der Waals surface area contributed by atoms with Crippen LogP contribution < -0.4 is 5.73 Å². The molecule has 2 heteroatoms. The highest BCUT2D eigenvalue weighted by molar-refractivity contribution is 5.33. The Morgan fingerprint density at radius 1 is 1.19 bits per heavy atom. The summed E-state index contributed by atoms with van der Waals surface area (Å²) in [5, 5.41) is 0. The summed E-state index contributed by atoms with van der Waals surface area (Å²) < 4.78 is 0. The van der Waals surface area contributed by atoms with Crippen molar-refractivity contribution in [2.75, 3.05) is 19.6 Å². The van der Waals surface area contributed by atoms with Gasteiger partial charge in [0.15, 0.2) is 0 Å². The Kier molecular flexibility index (Phi) is 5.83. The van der Waals surface area contributed by atoms with Crippen LogP contribution in [0.25, 0.3) is 0 Å². The maximum atomic E-state index is 6.50. The number of nitrogens with two attached hydrogens (primary N) is 1. The molecule has 1 aromatic carbocycles. The van der Waals surface area contributed by atoms with E-state index in [2.05, 4.69) is 50.8 Å². The van der Waals surface area contributed by atoms with Crippen molar-refractivity contribution in [1.29, 1.82) is 0 Å². The molecule has 0 amide bonds. The van der Waals surface area contributed by atoms with Crippen molar-refractivity contribution < 1.29 is 0 Å². The van der Waals surface area contributed by atoms with Crippen molar-refractivity contribution in [2.24, 2.45) is 17.6 Å². The van der Waals surface area contributed by atoms with Crippen LogP contribution in [0.4, 0.5) is 0 Å². The molecule has 2 atom stereocenters. The van der Waals surface area contributed by atoms with Gasteiger partial charge in [0.25, 0.3) is 0 Å². The fourth-order valence-corrected chi connectivity index (χ4v) is 3.57. The molecule has 21 heavy (non-hydrogen) atoms. The van der Waals surface area contributed by atoms with Gasteiger partial charge < -0.3 is 10.6 Å². The molecule has 2 rings (SSSR count). The molecule has 118 valence electrons. The second-order valence-electron chi connectivity index (χ2n) is 7.20. The molecule has 0 aliphatic carbocycles. The van der Waals surface area contributed by atoms with E-state index in [1.807, 2.05) is 0 Å². The standard InChI is InChI=1S/C19H32N2/c1-14(2)17-6-5-10-21(11-9-17)13-19(20)18-12-15(3)7-8-16(18)4/h7-8,12,14,17,19H,5-6,9-11,13,20H2,1-4H3. The van der Waals surface area contributed by atoms with E-state index in [0.717, 1.165) is 18.4 Å². The predicted molar refractivity (Wildman–Crippen MR) is 91.5 cm³/mol. The first-order valence-electron chi connectivity index (χ1n) is 8.52. The van der Waals surface area contributed by atoms with Crippen LogP contribution in [-0.2, 0) is 0 Å². The van der Waals surface area contributed by atoms with Crippen LogP contribution in [0, 0.1) is 25.7 Å². The smallest absolute Gasteiger partial charge is 0.0427 e. The van der Waals surface area contributed by atoms with E-state index < -0.39 is 0 Å². The van der Waals surface area contributed by atoms with Crippen LogP contribution in [-0.4, -0.2) is 24.5 Å². The van der Waals surface area contributed by atoms with E-state index in [9.17, 15) is 0 Å². The summed E-state index contributed by atoms with van der Waals surface area (Å²) in [5.74, 6) is 1.71. The molecular weight excluding hydrogens is 256 g/mol. The molecule has 2 N–H and O–H groups in total. The van der Waals surface area contributed by atoms with Crippen molar-refractivity contribution in [3.05, 3.63) is 34.9 Å². The van der Waals surface area contributed by atoms with Gasteiger partial charge in [-0.1, -0.05) is 37.6 Å². The Morgan fingerprint density at radius 2 is 1.95 bits per heavy atom. The van der Waals surface area contributed by atoms with Crippen LogP contribution in [0.15, 0.2) is 18.2 Å². The molecule has 0 spiro atoms. The van der Waals surface area contributed by atoms with Crippen molar-refractivity contribution in [2.45, 2.75) is 53.0 Å². The number of aryl methyl sites for hydroxylation is 2. The lowest BCUT2D eigenvalue weighted by atomic mass is 9.89. The summed E-state index contributed by atoms with van der Waals surface area (Å²) in [4.78, 5) is 2.58. The Labute approximate surface area is 130 Å². The molecule has 1 saturated heterocycles. The number of hydrogen-bond acceptors (Lipinski definition) is 2. The molecular formula is C19H32N2. The van der Waals surface area contributed by atoms with E-state index in [-0.39, 0.29) is 6.04 Å². The summed E-state index contributed by atoms with van der Waals surface area (Å²) in [6, 6.07) is 6.77. The Morgan fingerprint density at radius 3 is 2.67 bits per heavy atom. The minimum absolute atomic E-state index is 0.139. The zero-order chi connectivity index (χ0) is 15.4. The summed E-state index contributed by atoms with van der Waals surface area (Å²) in [7, 11) is 0. The lowest BCUT2D eigenvalue weighted by molar-refractivity contribution is 0.257. The molecule has 0 radical (unpaired) electrons. The maximum Gasteiger partial charge on any atom is 0.0427 e. The lowest BCUT2D eigenvalue weighted by Gasteiger charge is -2.25. The molecule has 1 aliphatic rings. The lowest BCUT2D eigenvalue weighted by Crippen LogP contribution is -2.33. The quantitative estimate of drug-likeness (QED) is 0.905. The molecule has 1 aromatic rings. The summed E-state index contributed by atoms with van der Waals surface area (Å²) in [6.07, 6.45) is 4.03. The number of benzene rings is 1. The Hall–Kier alpha value is -0.860. The fraction of sp³-hybridized carbons (Fsp3) is 0.684. The Balaban J connectivity index is 1.96. The topological polar surface area (TPSA) is 29.3 Å². The van der Waals surface area contributed by atoms with Gasteiger partial charge in [0.1, 0.15) is 0 Å².